The lowest BCUT2D eigenvalue weighted by Gasteiger charge is -2.03. The first-order valence-corrected chi connectivity index (χ1v) is 5.65. The van der Waals surface area contributed by atoms with Crippen LogP contribution in [0.5, 0.6) is 0 Å². The quantitative estimate of drug-likeness (QED) is 0.794. The zero-order chi connectivity index (χ0) is 10.3. The molecule has 0 aliphatic rings. The van der Waals surface area contributed by atoms with Gasteiger partial charge in [0.2, 0.25) is 0 Å². The van der Waals surface area contributed by atoms with E-state index < -0.39 is 0 Å². The van der Waals surface area contributed by atoms with Crippen LogP contribution < -0.4 is 5.43 Å². The highest BCUT2D eigenvalue weighted by Gasteiger charge is 2.04. The van der Waals surface area contributed by atoms with E-state index in [1.807, 2.05) is 19.1 Å². The lowest BCUT2D eigenvalue weighted by Crippen LogP contribution is -2.03. The van der Waals surface area contributed by atoms with Gasteiger partial charge in [0.15, 0.2) is 5.43 Å². The number of H-pyrrole nitrogens is 1. The van der Waals surface area contributed by atoms with Gasteiger partial charge in [0, 0.05) is 26.1 Å². The molecule has 72 valence electrons. The Kier molecular flexibility index (Phi) is 2.49. The predicted octanol–water partition coefficient (Wildman–Crippen LogP) is 3.36. The minimum Gasteiger partial charge on any atom is -0.358 e. The number of pyridine rings is 1. The van der Waals surface area contributed by atoms with E-state index in [9.17, 15) is 4.79 Å². The van der Waals surface area contributed by atoms with Crippen LogP contribution in [-0.4, -0.2) is 4.98 Å². The number of fused-ring (bicyclic) bond motifs is 1. The maximum atomic E-state index is 11.6. The standard InChI is InChI=1S/C10H7Br2NO/c1-5-2-9(14)7-3-6(11)4-8(12)10(7)13-5/h2-4H,1H3,(H,13,14). The normalized spacial score (nSPS) is 10.8. The molecule has 2 nitrogen and oxygen atoms in total. The minimum atomic E-state index is 0.0400. The summed E-state index contributed by atoms with van der Waals surface area (Å²) in [5.41, 5.74) is 1.75. The first-order chi connectivity index (χ1) is 6.58. The Morgan fingerprint density at radius 3 is 2.64 bits per heavy atom. The molecule has 0 saturated heterocycles. The van der Waals surface area contributed by atoms with Crippen LogP contribution in [0.4, 0.5) is 0 Å². The number of aromatic amines is 1. The lowest BCUT2D eigenvalue weighted by molar-refractivity contribution is 1.24. The van der Waals surface area contributed by atoms with Gasteiger partial charge in [-0.1, -0.05) is 15.9 Å². The second kappa shape index (κ2) is 3.51. The van der Waals surface area contributed by atoms with Crippen LogP contribution in [0.2, 0.25) is 0 Å². The van der Waals surface area contributed by atoms with Gasteiger partial charge in [-0.2, -0.15) is 0 Å². The highest BCUT2D eigenvalue weighted by atomic mass is 79.9. The molecule has 0 amide bonds. The monoisotopic (exact) mass is 315 g/mol. The van der Waals surface area contributed by atoms with E-state index >= 15 is 0 Å². The molecule has 0 fully saturated rings. The fraction of sp³-hybridized carbons (Fsp3) is 0.100. The molecule has 0 atom stereocenters. The molecular weight excluding hydrogens is 310 g/mol. The summed E-state index contributed by atoms with van der Waals surface area (Å²) < 4.78 is 1.79. The highest BCUT2D eigenvalue weighted by Crippen LogP contribution is 2.25. The Hall–Kier alpha value is -0.610. The second-order valence-corrected chi connectivity index (χ2v) is 4.90. The van der Waals surface area contributed by atoms with Crippen molar-refractivity contribution < 1.29 is 0 Å². The van der Waals surface area contributed by atoms with Crippen LogP contribution in [0.15, 0.2) is 31.9 Å². The summed E-state index contributed by atoms with van der Waals surface area (Å²) in [6, 6.07) is 5.33. The van der Waals surface area contributed by atoms with Gasteiger partial charge >= 0.3 is 0 Å². The molecule has 1 heterocycles. The van der Waals surface area contributed by atoms with Crippen molar-refractivity contribution in [2.45, 2.75) is 6.92 Å². The first-order valence-electron chi connectivity index (χ1n) is 4.06. The minimum absolute atomic E-state index is 0.0400. The fourth-order valence-electron chi connectivity index (χ4n) is 1.40. The maximum absolute atomic E-state index is 11.6. The van der Waals surface area contributed by atoms with Gasteiger partial charge in [0.1, 0.15) is 0 Å². The summed E-state index contributed by atoms with van der Waals surface area (Å²) in [7, 11) is 0. The molecule has 0 radical (unpaired) electrons. The smallest absolute Gasteiger partial charge is 0.189 e. The molecular formula is C10H7Br2NO. The predicted molar refractivity (Wildman–Crippen MR) is 64.7 cm³/mol. The number of hydrogen-bond acceptors (Lipinski definition) is 1. The van der Waals surface area contributed by atoms with Crippen LogP contribution in [0.25, 0.3) is 10.9 Å². The van der Waals surface area contributed by atoms with Crippen LogP contribution in [-0.2, 0) is 0 Å². The van der Waals surface area contributed by atoms with Crippen LogP contribution in [0.3, 0.4) is 0 Å². The number of halogens is 2. The van der Waals surface area contributed by atoms with E-state index in [0.717, 1.165) is 20.2 Å². The molecule has 1 aromatic heterocycles. The maximum Gasteiger partial charge on any atom is 0.189 e. The van der Waals surface area contributed by atoms with Crippen molar-refractivity contribution in [2.24, 2.45) is 0 Å². The third-order valence-electron chi connectivity index (χ3n) is 1.99. The Labute approximate surface area is 97.6 Å². The second-order valence-electron chi connectivity index (χ2n) is 3.13. The van der Waals surface area contributed by atoms with Crippen molar-refractivity contribution in [1.29, 1.82) is 0 Å². The van der Waals surface area contributed by atoms with E-state index in [0.29, 0.717) is 5.39 Å². The van der Waals surface area contributed by atoms with Gasteiger partial charge in [0.25, 0.3) is 0 Å². The topological polar surface area (TPSA) is 32.9 Å². The molecule has 14 heavy (non-hydrogen) atoms. The van der Waals surface area contributed by atoms with E-state index in [1.54, 1.807) is 6.07 Å². The third kappa shape index (κ3) is 1.64. The molecule has 0 aliphatic heterocycles. The molecule has 4 heteroatoms. The van der Waals surface area contributed by atoms with Crippen molar-refractivity contribution in [3.05, 3.63) is 43.1 Å². The van der Waals surface area contributed by atoms with Gasteiger partial charge < -0.3 is 4.98 Å². The summed E-state index contributed by atoms with van der Waals surface area (Å²) in [6.07, 6.45) is 0. The van der Waals surface area contributed by atoms with Crippen molar-refractivity contribution in [3.8, 4) is 0 Å². The number of benzene rings is 1. The highest BCUT2D eigenvalue weighted by molar-refractivity contribution is 9.11. The fourth-order valence-corrected chi connectivity index (χ4v) is 2.73. The molecule has 0 unspecified atom stereocenters. The molecule has 0 aliphatic carbocycles. The van der Waals surface area contributed by atoms with E-state index in [1.165, 1.54) is 0 Å². The van der Waals surface area contributed by atoms with E-state index in [2.05, 4.69) is 36.8 Å². The van der Waals surface area contributed by atoms with Crippen molar-refractivity contribution >= 4 is 42.8 Å². The number of aromatic nitrogens is 1. The number of rotatable bonds is 0. The summed E-state index contributed by atoms with van der Waals surface area (Å²) in [5.74, 6) is 0. The van der Waals surface area contributed by atoms with Gasteiger partial charge in [-0.25, -0.2) is 0 Å². The van der Waals surface area contributed by atoms with Gasteiger partial charge in [-0.3, -0.25) is 4.79 Å². The zero-order valence-corrected chi connectivity index (χ0v) is 10.6. The molecule has 0 bridgehead atoms. The van der Waals surface area contributed by atoms with Crippen molar-refractivity contribution in [3.63, 3.8) is 0 Å². The average Bonchev–Trinajstić information content (AvgIpc) is 2.07. The zero-order valence-electron chi connectivity index (χ0n) is 7.40. The lowest BCUT2D eigenvalue weighted by atomic mass is 10.2. The van der Waals surface area contributed by atoms with Gasteiger partial charge in [0.05, 0.1) is 5.52 Å². The molecule has 0 spiro atoms. The van der Waals surface area contributed by atoms with Crippen molar-refractivity contribution in [2.75, 3.05) is 0 Å². The van der Waals surface area contributed by atoms with Crippen molar-refractivity contribution in [1.82, 2.24) is 4.98 Å². The number of nitrogens with one attached hydrogen (secondary N) is 1. The third-order valence-corrected chi connectivity index (χ3v) is 3.07. The molecule has 2 rings (SSSR count). The molecule has 2 aromatic rings. The molecule has 1 aromatic carbocycles. The van der Waals surface area contributed by atoms with E-state index in [-0.39, 0.29) is 5.43 Å². The number of aryl methyl sites for hydroxylation is 1. The Bertz CT molecular complexity index is 560. The SMILES string of the molecule is Cc1cc(=O)c2cc(Br)cc(Br)c2[nH]1. The van der Waals surface area contributed by atoms with Crippen LogP contribution in [0, 0.1) is 6.92 Å². The van der Waals surface area contributed by atoms with Gasteiger partial charge in [-0.05, 0) is 35.0 Å². The molecule has 0 saturated carbocycles. The number of hydrogen-bond donors (Lipinski definition) is 1. The summed E-state index contributed by atoms with van der Waals surface area (Å²) in [4.78, 5) is 14.8. The van der Waals surface area contributed by atoms with Gasteiger partial charge in [-0.15, -0.1) is 0 Å². The Balaban J connectivity index is 3.02. The summed E-state index contributed by atoms with van der Waals surface area (Å²) in [5, 5.41) is 0.692. The van der Waals surface area contributed by atoms with E-state index in [4.69, 9.17) is 0 Å². The van der Waals surface area contributed by atoms with Crippen LogP contribution >= 0.6 is 31.9 Å². The summed E-state index contributed by atoms with van der Waals surface area (Å²) >= 11 is 6.77. The first kappa shape index (κ1) is 9.93. The average molecular weight is 317 g/mol. The van der Waals surface area contributed by atoms with Crippen LogP contribution in [0.1, 0.15) is 5.69 Å². The largest absolute Gasteiger partial charge is 0.358 e. The summed E-state index contributed by atoms with van der Waals surface area (Å²) in [6.45, 7) is 1.87. The Morgan fingerprint density at radius 1 is 1.21 bits per heavy atom. The Morgan fingerprint density at radius 2 is 1.93 bits per heavy atom. The molecule has 1 N–H and O–H groups in total.